The summed E-state index contributed by atoms with van der Waals surface area (Å²) in [5.41, 5.74) is 5.58. The normalized spacial score (nSPS) is 22.4. The van der Waals surface area contributed by atoms with E-state index in [1.165, 1.54) is 97.1 Å². The summed E-state index contributed by atoms with van der Waals surface area (Å²) in [7, 11) is 0. The van der Waals surface area contributed by atoms with Gasteiger partial charge in [-0.1, -0.05) is 48.5 Å². The van der Waals surface area contributed by atoms with Gasteiger partial charge in [0.2, 0.25) is 0 Å². The van der Waals surface area contributed by atoms with Crippen molar-refractivity contribution >= 4 is 0 Å². The third-order valence-electron chi connectivity index (χ3n) is 13.6. The topological polar surface area (TPSA) is 230 Å². The number of hydrogen-bond donors (Lipinski definition) is 10. The van der Waals surface area contributed by atoms with Gasteiger partial charge in [0.15, 0.2) is 0 Å². The number of benzene rings is 8. The molecule has 0 saturated carbocycles. The van der Waals surface area contributed by atoms with Gasteiger partial charge in [0, 0.05) is 58.4 Å². The molecule has 0 amide bonds. The molecule has 3 aliphatic rings. The number of aromatic hydroxyl groups is 10. The number of phenols is 10. The van der Waals surface area contributed by atoms with Crippen molar-refractivity contribution in [2.75, 3.05) is 0 Å². The van der Waals surface area contributed by atoms with Crippen molar-refractivity contribution in [3.8, 4) is 69.0 Å². The lowest BCUT2D eigenvalue weighted by Gasteiger charge is -2.27. The van der Waals surface area contributed by atoms with Gasteiger partial charge in [0.25, 0.3) is 0 Å². The van der Waals surface area contributed by atoms with E-state index in [9.17, 15) is 51.1 Å². The minimum absolute atomic E-state index is 0.0227. The van der Waals surface area contributed by atoms with Crippen LogP contribution in [0.2, 0.25) is 0 Å². The Morgan fingerprint density at radius 1 is 0.261 bits per heavy atom. The fraction of sp³-hybridized carbons (Fsp3) is 0.143. The van der Waals surface area contributed by atoms with E-state index >= 15 is 0 Å². The molecule has 8 aromatic rings. The standard InChI is InChI=1S/C56H44O13/c57-33-9-1-27(2-10-33)53-49(31-17-37(61)21-38(62)18-31)43-23-41(45(65)25-47(43)67-53)51-44-24-42(46(66)26-48(44)68-55(51)29-5-13-35(59)14-6-29)52-50(32-19-39(63)22-40(64)20-32)54(28-3-11-34(58)12-4-28)69-56(52)30-7-15-36(60)16-8-30/h1-26,49-66H. The van der Waals surface area contributed by atoms with E-state index in [1.807, 2.05) is 12.1 Å². The molecule has 346 valence electrons. The van der Waals surface area contributed by atoms with Crippen molar-refractivity contribution < 1.29 is 65.3 Å². The third kappa shape index (κ3) is 7.68. The summed E-state index contributed by atoms with van der Waals surface area (Å²) in [6, 6.07) is 41.2. The first-order valence-electron chi connectivity index (χ1n) is 22.2. The van der Waals surface area contributed by atoms with Gasteiger partial charge >= 0.3 is 0 Å². The Bertz CT molecular complexity index is 3200. The number of phenolic OH excluding ortho intramolecular Hbond substituents is 10. The van der Waals surface area contributed by atoms with Gasteiger partial charge < -0.3 is 65.3 Å². The Labute approximate surface area is 394 Å². The minimum atomic E-state index is -0.839. The fourth-order valence-corrected chi connectivity index (χ4v) is 10.6. The van der Waals surface area contributed by atoms with Gasteiger partial charge in [-0.05, 0) is 118 Å². The molecule has 8 unspecified atom stereocenters. The predicted octanol–water partition coefficient (Wildman–Crippen LogP) is 10.7. The highest BCUT2D eigenvalue weighted by molar-refractivity contribution is 5.63. The Morgan fingerprint density at radius 3 is 1.06 bits per heavy atom. The van der Waals surface area contributed by atoms with Gasteiger partial charge in [-0.2, -0.15) is 0 Å². The summed E-state index contributed by atoms with van der Waals surface area (Å²) in [4.78, 5) is 0. The highest BCUT2D eigenvalue weighted by Gasteiger charge is 2.50. The lowest BCUT2D eigenvalue weighted by atomic mass is 9.73. The van der Waals surface area contributed by atoms with Crippen LogP contribution in [0.15, 0.2) is 158 Å². The maximum atomic E-state index is 12.3. The summed E-state index contributed by atoms with van der Waals surface area (Å²) < 4.78 is 20.4. The Kier molecular flexibility index (Phi) is 10.3. The molecule has 3 aliphatic heterocycles. The number of ether oxygens (including phenoxy) is 3. The SMILES string of the molecule is Oc1ccc(C2Oc3cc(O)c(C4c5cc(C6C(c7ccc(O)cc7)OC(c7ccc(O)cc7)C6c6cc(O)cc(O)c6)c(O)cc5OC4c4ccc(O)cc4)cc3C2c2cc(O)cc(O)c2)cc1. The molecule has 0 spiro atoms. The molecular formula is C56H44O13. The van der Waals surface area contributed by atoms with Crippen molar-refractivity contribution in [3.05, 3.63) is 213 Å². The lowest BCUT2D eigenvalue weighted by Crippen LogP contribution is -2.15. The molecule has 13 heteroatoms. The number of rotatable bonds is 8. The van der Waals surface area contributed by atoms with E-state index in [1.54, 1.807) is 48.5 Å². The maximum absolute atomic E-state index is 12.3. The monoisotopic (exact) mass is 924 g/mol. The second-order valence-corrected chi connectivity index (χ2v) is 17.9. The van der Waals surface area contributed by atoms with Gasteiger partial charge in [-0.15, -0.1) is 0 Å². The van der Waals surface area contributed by atoms with Crippen LogP contribution in [-0.2, 0) is 4.74 Å². The first-order chi connectivity index (χ1) is 33.3. The fourth-order valence-electron chi connectivity index (χ4n) is 10.6. The van der Waals surface area contributed by atoms with Crippen LogP contribution in [0.1, 0.15) is 104 Å². The van der Waals surface area contributed by atoms with Crippen molar-refractivity contribution in [2.24, 2.45) is 0 Å². The van der Waals surface area contributed by atoms with Crippen molar-refractivity contribution in [1.29, 1.82) is 0 Å². The number of hydrogen-bond acceptors (Lipinski definition) is 13. The molecule has 0 aromatic heterocycles. The molecule has 0 aliphatic carbocycles. The van der Waals surface area contributed by atoms with Gasteiger partial charge in [0.1, 0.15) is 81.2 Å². The molecule has 0 radical (unpaired) electrons. The highest BCUT2D eigenvalue weighted by atomic mass is 16.5. The van der Waals surface area contributed by atoms with Crippen LogP contribution in [0.5, 0.6) is 69.0 Å². The van der Waals surface area contributed by atoms with Crippen LogP contribution in [0.3, 0.4) is 0 Å². The average molecular weight is 925 g/mol. The van der Waals surface area contributed by atoms with Gasteiger partial charge in [-0.3, -0.25) is 0 Å². The Morgan fingerprint density at radius 2 is 0.609 bits per heavy atom. The average Bonchev–Trinajstić information content (AvgIpc) is 4.00. The molecule has 69 heavy (non-hydrogen) atoms. The van der Waals surface area contributed by atoms with Crippen molar-refractivity contribution in [2.45, 2.75) is 48.1 Å². The Hall–Kier alpha value is -8.68. The first-order valence-corrected chi connectivity index (χ1v) is 22.2. The molecule has 3 heterocycles. The van der Waals surface area contributed by atoms with E-state index in [-0.39, 0.29) is 57.5 Å². The lowest BCUT2D eigenvalue weighted by molar-refractivity contribution is 0.0365. The van der Waals surface area contributed by atoms with Crippen LogP contribution >= 0.6 is 0 Å². The van der Waals surface area contributed by atoms with E-state index in [0.29, 0.717) is 67.1 Å². The zero-order valence-corrected chi connectivity index (χ0v) is 36.3. The number of fused-ring (bicyclic) bond motifs is 2. The summed E-state index contributed by atoms with van der Waals surface area (Å²) >= 11 is 0. The summed E-state index contributed by atoms with van der Waals surface area (Å²) in [6.45, 7) is 0. The van der Waals surface area contributed by atoms with Crippen LogP contribution in [0.25, 0.3) is 0 Å². The molecule has 13 nitrogen and oxygen atoms in total. The van der Waals surface area contributed by atoms with E-state index in [2.05, 4.69) is 0 Å². The summed E-state index contributed by atoms with van der Waals surface area (Å²) in [5.74, 6) is -3.24. The predicted molar refractivity (Wildman–Crippen MR) is 251 cm³/mol. The third-order valence-corrected chi connectivity index (χ3v) is 13.6. The van der Waals surface area contributed by atoms with Crippen LogP contribution in [-0.4, -0.2) is 51.1 Å². The van der Waals surface area contributed by atoms with Crippen molar-refractivity contribution in [3.63, 3.8) is 0 Å². The van der Waals surface area contributed by atoms with Crippen LogP contribution in [0, 0.1) is 0 Å². The molecular weight excluding hydrogens is 881 g/mol. The van der Waals surface area contributed by atoms with E-state index in [4.69, 9.17) is 14.2 Å². The van der Waals surface area contributed by atoms with Crippen LogP contribution < -0.4 is 9.47 Å². The highest BCUT2D eigenvalue weighted by Crippen LogP contribution is 2.63. The Balaban J connectivity index is 1.12. The second kappa shape index (κ2) is 16.6. The molecule has 11 rings (SSSR count). The molecule has 8 atom stereocenters. The zero-order chi connectivity index (χ0) is 47.8. The summed E-state index contributed by atoms with van der Waals surface area (Å²) in [6.07, 6.45) is -3.17. The molecule has 0 bridgehead atoms. The quantitative estimate of drug-likeness (QED) is 0.0685. The second-order valence-electron chi connectivity index (χ2n) is 17.9. The van der Waals surface area contributed by atoms with Gasteiger partial charge in [0.05, 0.1) is 24.0 Å². The minimum Gasteiger partial charge on any atom is -0.508 e. The maximum Gasteiger partial charge on any atom is 0.135 e. The summed E-state index contributed by atoms with van der Waals surface area (Å²) in [5, 5.41) is 109. The van der Waals surface area contributed by atoms with Crippen molar-refractivity contribution in [1.82, 2.24) is 0 Å². The van der Waals surface area contributed by atoms with E-state index < -0.39 is 48.1 Å². The smallest absolute Gasteiger partial charge is 0.135 e. The zero-order valence-electron chi connectivity index (χ0n) is 36.3. The molecule has 8 aromatic carbocycles. The molecule has 1 fully saturated rings. The molecule has 10 N–H and O–H groups in total. The van der Waals surface area contributed by atoms with Crippen LogP contribution in [0.4, 0.5) is 0 Å². The molecule has 1 saturated heterocycles. The largest absolute Gasteiger partial charge is 0.508 e. The van der Waals surface area contributed by atoms with E-state index in [0.717, 1.165) is 0 Å². The van der Waals surface area contributed by atoms with Gasteiger partial charge in [-0.25, -0.2) is 0 Å². The first kappa shape index (κ1) is 42.9.